The van der Waals surface area contributed by atoms with Crippen molar-refractivity contribution in [3.63, 3.8) is 0 Å². The predicted octanol–water partition coefficient (Wildman–Crippen LogP) is 3.40. The van der Waals surface area contributed by atoms with E-state index in [-0.39, 0.29) is 29.6 Å². The summed E-state index contributed by atoms with van der Waals surface area (Å²) >= 11 is 0. The number of rotatable bonds is 4. The first kappa shape index (κ1) is 18.0. The van der Waals surface area contributed by atoms with E-state index in [4.69, 9.17) is 4.74 Å². The third-order valence-corrected chi connectivity index (χ3v) is 5.20. The number of ether oxygens (including phenoxy) is 1. The molecule has 2 aromatic rings. The summed E-state index contributed by atoms with van der Waals surface area (Å²) in [5, 5.41) is 2.81. The maximum atomic E-state index is 12.8. The van der Waals surface area contributed by atoms with E-state index in [1.54, 1.807) is 55.6 Å². The number of allylic oxidation sites excluding steroid dienone is 2. The molecule has 6 nitrogen and oxygen atoms in total. The van der Waals surface area contributed by atoms with Crippen LogP contribution in [0.15, 0.2) is 60.7 Å². The number of methoxy groups -OCH3 is 1. The van der Waals surface area contributed by atoms with Gasteiger partial charge in [0.2, 0.25) is 11.8 Å². The lowest BCUT2D eigenvalue weighted by molar-refractivity contribution is -0.122. The average molecular weight is 376 g/mol. The van der Waals surface area contributed by atoms with Crippen LogP contribution < -0.4 is 15.0 Å². The summed E-state index contributed by atoms with van der Waals surface area (Å²) in [6.07, 6.45) is 5.07. The molecule has 1 saturated heterocycles. The molecule has 1 N–H and O–H groups in total. The van der Waals surface area contributed by atoms with Crippen LogP contribution in [0.3, 0.4) is 0 Å². The SMILES string of the molecule is COc1cccc(NC(=O)c2cccc(N3C(=O)[C@H]4CC=CC[C@H]4C3=O)c2)c1. The van der Waals surface area contributed by atoms with E-state index < -0.39 is 0 Å². The van der Waals surface area contributed by atoms with Gasteiger partial charge in [0.1, 0.15) is 5.75 Å². The first-order valence-electron chi connectivity index (χ1n) is 9.17. The van der Waals surface area contributed by atoms with Crippen molar-refractivity contribution >= 4 is 29.1 Å². The molecule has 2 atom stereocenters. The Balaban J connectivity index is 1.57. The zero-order valence-electron chi connectivity index (χ0n) is 15.4. The van der Waals surface area contributed by atoms with Gasteiger partial charge in [0.15, 0.2) is 0 Å². The Morgan fingerprint density at radius 3 is 2.36 bits per heavy atom. The number of amides is 3. The quantitative estimate of drug-likeness (QED) is 0.655. The summed E-state index contributed by atoms with van der Waals surface area (Å²) in [4.78, 5) is 39.4. The number of anilines is 2. The zero-order valence-corrected chi connectivity index (χ0v) is 15.4. The summed E-state index contributed by atoms with van der Waals surface area (Å²) in [5.74, 6) is -0.669. The van der Waals surface area contributed by atoms with E-state index in [9.17, 15) is 14.4 Å². The molecule has 0 radical (unpaired) electrons. The van der Waals surface area contributed by atoms with Crippen LogP contribution in [0.25, 0.3) is 0 Å². The lowest BCUT2D eigenvalue weighted by Crippen LogP contribution is -2.31. The van der Waals surface area contributed by atoms with Gasteiger partial charge in [-0.1, -0.05) is 24.3 Å². The molecule has 1 heterocycles. The highest BCUT2D eigenvalue weighted by Crippen LogP contribution is 2.37. The maximum absolute atomic E-state index is 12.8. The molecule has 0 spiro atoms. The summed E-state index contributed by atoms with van der Waals surface area (Å²) < 4.78 is 5.16. The van der Waals surface area contributed by atoms with Crippen LogP contribution in [0.2, 0.25) is 0 Å². The third-order valence-electron chi connectivity index (χ3n) is 5.20. The predicted molar refractivity (Wildman–Crippen MR) is 105 cm³/mol. The molecule has 1 aliphatic carbocycles. The number of fused-ring (bicyclic) bond motifs is 1. The zero-order chi connectivity index (χ0) is 19.7. The van der Waals surface area contributed by atoms with Crippen molar-refractivity contribution in [1.82, 2.24) is 0 Å². The fourth-order valence-corrected chi connectivity index (χ4v) is 3.75. The molecule has 142 valence electrons. The second kappa shape index (κ2) is 7.31. The van der Waals surface area contributed by atoms with Crippen LogP contribution in [0.4, 0.5) is 11.4 Å². The number of hydrogen-bond acceptors (Lipinski definition) is 4. The summed E-state index contributed by atoms with van der Waals surface area (Å²) in [6, 6.07) is 13.6. The lowest BCUT2D eigenvalue weighted by Gasteiger charge is -2.16. The van der Waals surface area contributed by atoms with Gasteiger partial charge in [-0.3, -0.25) is 19.3 Å². The van der Waals surface area contributed by atoms with Crippen molar-refractivity contribution in [3.8, 4) is 5.75 Å². The Hall–Kier alpha value is -3.41. The molecule has 3 amide bonds. The topological polar surface area (TPSA) is 75.7 Å². The number of nitrogens with zero attached hydrogens (tertiary/aromatic N) is 1. The molecule has 0 saturated carbocycles. The molecule has 0 unspecified atom stereocenters. The van der Waals surface area contributed by atoms with Crippen LogP contribution in [0.5, 0.6) is 5.75 Å². The Kier molecular flexibility index (Phi) is 4.69. The van der Waals surface area contributed by atoms with Gasteiger partial charge >= 0.3 is 0 Å². The lowest BCUT2D eigenvalue weighted by atomic mass is 9.85. The fraction of sp³-hybridized carbons (Fsp3) is 0.227. The molecule has 2 aliphatic rings. The highest BCUT2D eigenvalue weighted by atomic mass is 16.5. The highest BCUT2D eigenvalue weighted by Gasteiger charge is 2.47. The number of carbonyl (C=O) groups excluding carboxylic acids is 3. The van der Waals surface area contributed by atoms with Gasteiger partial charge in [0.25, 0.3) is 5.91 Å². The van der Waals surface area contributed by atoms with Gasteiger partial charge in [-0.15, -0.1) is 0 Å². The summed E-state index contributed by atoms with van der Waals surface area (Å²) in [6.45, 7) is 0. The van der Waals surface area contributed by atoms with Gasteiger partial charge in [-0.2, -0.15) is 0 Å². The number of imide groups is 1. The van der Waals surface area contributed by atoms with E-state index in [1.807, 2.05) is 12.2 Å². The number of hydrogen-bond donors (Lipinski definition) is 1. The number of nitrogens with one attached hydrogen (secondary N) is 1. The van der Waals surface area contributed by atoms with Crippen molar-refractivity contribution in [1.29, 1.82) is 0 Å². The Morgan fingerprint density at radius 2 is 1.68 bits per heavy atom. The first-order valence-corrected chi connectivity index (χ1v) is 9.17. The van der Waals surface area contributed by atoms with Crippen molar-refractivity contribution in [2.75, 3.05) is 17.3 Å². The molecule has 0 bridgehead atoms. The van der Waals surface area contributed by atoms with Crippen LogP contribution in [0, 0.1) is 11.8 Å². The Bertz CT molecular complexity index is 956. The van der Waals surface area contributed by atoms with Crippen molar-refractivity contribution in [2.45, 2.75) is 12.8 Å². The third kappa shape index (κ3) is 3.17. The van der Waals surface area contributed by atoms with Crippen molar-refractivity contribution in [2.24, 2.45) is 11.8 Å². The minimum Gasteiger partial charge on any atom is -0.497 e. The van der Waals surface area contributed by atoms with Gasteiger partial charge in [-0.25, -0.2) is 0 Å². The normalized spacial score (nSPS) is 20.8. The molecule has 0 aromatic heterocycles. The monoisotopic (exact) mass is 376 g/mol. The second-order valence-electron chi connectivity index (χ2n) is 6.90. The van der Waals surface area contributed by atoms with Crippen molar-refractivity contribution < 1.29 is 19.1 Å². The molecule has 4 rings (SSSR count). The highest BCUT2D eigenvalue weighted by molar-refractivity contribution is 6.22. The van der Waals surface area contributed by atoms with Crippen LogP contribution in [-0.2, 0) is 9.59 Å². The van der Waals surface area contributed by atoms with E-state index in [0.29, 0.717) is 35.5 Å². The molecule has 2 aromatic carbocycles. The molecule has 1 fully saturated rings. The van der Waals surface area contributed by atoms with Gasteiger partial charge in [0, 0.05) is 17.3 Å². The van der Waals surface area contributed by atoms with E-state index >= 15 is 0 Å². The molecule has 6 heteroatoms. The van der Waals surface area contributed by atoms with Gasteiger partial charge in [0.05, 0.1) is 24.6 Å². The Labute approximate surface area is 162 Å². The van der Waals surface area contributed by atoms with E-state index in [0.717, 1.165) is 0 Å². The van der Waals surface area contributed by atoms with Crippen LogP contribution in [0.1, 0.15) is 23.2 Å². The largest absolute Gasteiger partial charge is 0.497 e. The van der Waals surface area contributed by atoms with E-state index in [2.05, 4.69) is 5.32 Å². The number of carbonyl (C=O) groups is 3. The minimum atomic E-state index is -0.326. The molecular formula is C22H20N2O4. The molecule has 1 aliphatic heterocycles. The summed E-state index contributed by atoms with van der Waals surface area (Å²) in [5.41, 5.74) is 1.40. The van der Waals surface area contributed by atoms with Crippen LogP contribution in [-0.4, -0.2) is 24.8 Å². The fourth-order valence-electron chi connectivity index (χ4n) is 3.75. The maximum Gasteiger partial charge on any atom is 0.255 e. The van der Waals surface area contributed by atoms with Crippen molar-refractivity contribution in [3.05, 3.63) is 66.2 Å². The second-order valence-corrected chi connectivity index (χ2v) is 6.90. The minimum absolute atomic E-state index is 0.190. The standard InChI is InChI=1S/C22H20N2O4/c1-28-17-9-5-7-15(13-17)23-20(25)14-6-4-8-16(12-14)24-21(26)18-10-2-3-11-19(18)22(24)27/h2-9,12-13,18-19H,10-11H2,1H3,(H,23,25)/t18-,19+. The van der Waals surface area contributed by atoms with E-state index in [1.165, 1.54) is 4.90 Å². The first-order chi connectivity index (χ1) is 13.6. The Morgan fingerprint density at radius 1 is 1.00 bits per heavy atom. The smallest absolute Gasteiger partial charge is 0.255 e. The average Bonchev–Trinajstić information content (AvgIpc) is 2.99. The van der Waals surface area contributed by atoms with Gasteiger partial charge < -0.3 is 10.1 Å². The summed E-state index contributed by atoms with van der Waals surface area (Å²) in [7, 11) is 1.56. The van der Waals surface area contributed by atoms with Gasteiger partial charge in [-0.05, 0) is 43.2 Å². The number of benzene rings is 2. The molecular weight excluding hydrogens is 356 g/mol. The van der Waals surface area contributed by atoms with Crippen LogP contribution >= 0.6 is 0 Å². The molecule has 28 heavy (non-hydrogen) atoms.